The maximum absolute atomic E-state index is 12.2. The molecule has 10 heteroatoms. The molecule has 0 aliphatic heterocycles. The molecule has 1 aromatic heterocycles. The first-order chi connectivity index (χ1) is 17.6. The van der Waals surface area contributed by atoms with E-state index >= 15 is 0 Å². The zero-order valence-corrected chi connectivity index (χ0v) is 20.5. The minimum atomic E-state index is -0.406. The van der Waals surface area contributed by atoms with E-state index in [1.807, 2.05) is 47.0 Å². The number of carbonyl (C=O) groups excluding carboxylic acids is 1. The standard InChI is InChI=1S/C26H25N5O4S/c1-35-16-15-27-25(32)21-13-11-20(12-14-21)18-36-26-29-28-24(22-9-5-6-10-23(22)31(33)34)30(26)17-19-7-3-2-4-8-19/h2-14H,15-18H2,1H3,(H,27,32). The van der Waals surface area contributed by atoms with Gasteiger partial charge in [0.15, 0.2) is 11.0 Å². The molecule has 0 bridgehead atoms. The van der Waals surface area contributed by atoms with Crippen molar-refractivity contribution in [3.63, 3.8) is 0 Å². The molecule has 1 N–H and O–H groups in total. The van der Waals surface area contributed by atoms with Crippen molar-refractivity contribution in [2.24, 2.45) is 0 Å². The van der Waals surface area contributed by atoms with Gasteiger partial charge in [-0.1, -0.05) is 66.4 Å². The molecule has 0 spiro atoms. The lowest BCUT2D eigenvalue weighted by molar-refractivity contribution is -0.384. The topological polar surface area (TPSA) is 112 Å². The van der Waals surface area contributed by atoms with Crippen LogP contribution >= 0.6 is 11.8 Å². The Morgan fingerprint density at radius 1 is 1.00 bits per heavy atom. The van der Waals surface area contributed by atoms with Gasteiger partial charge in [0.25, 0.3) is 11.6 Å². The molecule has 1 heterocycles. The Hall–Kier alpha value is -4.02. The first kappa shape index (κ1) is 25.1. The van der Waals surface area contributed by atoms with E-state index in [0.29, 0.717) is 47.6 Å². The molecular formula is C26H25N5O4S. The van der Waals surface area contributed by atoms with E-state index in [4.69, 9.17) is 4.74 Å². The Bertz CT molecular complexity index is 1330. The van der Waals surface area contributed by atoms with Gasteiger partial charge in [-0.25, -0.2) is 0 Å². The zero-order valence-electron chi connectivity index (χ0n) is 19.7. The summed E-state index contributed by atoms with van der Waals surface area (Å²) in [6.45, 7) is 1.38. The fourth-order valence-electron chi connectivity index (χ4n) is 3.59. The molecule has 4 aromatic rings. The smallest absolute Gasteiger partial charge is 0.280 e. The van der Waals surface area contributed by atoms with Crippen LogP contribution in [0.3, 0.4) is 0 Å². The Labute approximate surface area is 212 Å². The summed E-state index contributed by atoms with van der Waals surface area (Å²) in [4.78, 5) is 23.4. The van der Waals surface area contributed by atoms with Crippen LogP contribution in [0.25, 0.3) is 11.4 Å². The van der Waals surface area contributed by atoms with Crippen LogP contribution in [0.1, 0.15) is 21.5 Å². The van der Waals surface area contributed by atoms with Gasteiger partial charge < -0.3 is 10.1 Å². The summed E-state index contributed by atoms with van der Waals surface area (Å²) in [5, 5.41) is 23.8. The summed E-state index contributed by atoms with van der Waals surface area (Å²) in [7, 11) is 1.59. The maximum Gasteiger partial charge on any atom is 0.280 e. The third-order valence-electron chi connectivity index (χ3n) is 5.42. The average Bonchev–Trinajstić information content (AvgIpc) is 3.30. The molecule has 0 saturated carbocycles. The second-order valence-corrected chi connectivity index (χ2v) is 8.83. The van der Waals surface area contributed by atoms with Crippen molar-refractivity contribution in [3.8, 4) is 11.4 Å². The molecule has 36 heavy (non-hydrogen) atoms. The molecule has 1 amide bonds. The van der Waals surface area contributed by atoms with Crippen molar-refractivity contribution in [2.45, 2.75) is 17.5 Å². The van der Waals surface area contributed by atoms with Crippen molar-refractivity contribution >= 4 is 23.4 Å². The number of nitrogens with zero attached hydrogens (tertiary/aromatic N) is 4. The number of carbonyl (C=O) groups is 1. The van der Waals surface area contributed by atoms with Crippen molar-refractivity contribution in [1.82, 2.24) is 20.1 Å². The quantitative estimate of drug-likeness (QED) is 0.138. The number of hydrogen-bond donors (Lipinski definition) is 1. The Morgan fingerprint density at radius 2 is 1.72 bits per heavy atom. The van der Waals surface area contributed by atoms with E-state index in [0.717, 1.165) is 11.1 Å². The van der Waals surface area contributed by atoms with Crippen LogP contribution in [0.2, 0.25) is 0 Å². The fraction of sp³-hybridized carbons (Fsp3) is 0.192. The van der Waals surface area contributed by atoms with Gasteiger partial charge in [0.2, 0.25) is 0 Å². The lowest BCUT2D eigenvalue weighted by Crippen LogP contribution is -2.26. The molecule has 0 aliphatic carbocycles. The molecule has 4 rings (SSSR count). The number of thioether (sulfide) groups is 1. The van der Waals surface area contributed by atoms with E-state index in [1.54, 1.807) is 37.4 Å². The van der Waals surface area contributed by atoms with Crippen LogP contribution in [-0.2, 0) is 17.0 Å². The van der Waals surface area contributed by atoms with Gasteiger partial charge in [-0.05, 0) is 29.3 Å². The molecule has 0 atom stereocenters. The van der Waals surface area contributed by atoms with E-state index in [-0.39, 0.29) is 11.6 Å². The number of amides is 1. The number of nitro groups is 1. The largest absolute Gasteiger partial charge is 0.383 e. The molecule has 0 aliphatic rings. The second kappa shape index (κ2) is 12.1. The summed E-state index contributed by atoms with van der Waals surface area (Å²) < 4.78 is 6.86. The highest BCUT2D eigenvalue weighted by Crippen LogP contribution is 2.32. The number of aromatic nitrogens is 3. The van der Waals surface area contributed by atoms with Gasteiger partial charge in [0.1, 0.15) is 0 Å². The van der Waals surface area contributed by atoms with Crippen LogP contribution in [0.15, 0.2) is 84.0 Å². The highest BCUT2D eigenvalue weighted by Gasteiger charge is 2.22. The van der Waals surface area contributed by atoms with Gasteiger partial charge in [0.05, 0.1) is 23.6 Å². The van der Waals surface area contributed by atoms with Gasteiger partial charge in [-0.15, -0.1) is 10.2 Å². The number of para-hydroxylation sites is 1. The third kappa shape index (κ3) is 6.15. The van der Waals surface area contributed by atoms with Crippen molar-refractivity contribution in [3.05, 3.63) is 106 Å². The van der Waals surface area contributed by atoms with Gasteiger partial charge in [0, 0.05) is 31.0 Å². The number of ether oxygens (including phenoxy) is 1. The van der Waals surface area contributed by atoms with Crippen LogP contribution in [0.4, 0.5) is 5.69 Å². The number of nitrogens with one attached hydrogen (secondary N) is 1. The summed E-state index contributed by atoms with van der Waals surface area (Å²) in [5.41, 5.74) is 3.01. The molecular weight excluding hydrogens is 478 g/mol. The van der Waals surface area contributed by atoms with E-state index in [1.165, 1.54) is 17.8 Å². The number of benzene rings is 3. The molecule has 0 saturated heterocycles. The number of rotatable bonds is 11. The Kier molecular flexibility index (Phi) is 8.43. The van der Waals surface area contributed by atoms with Crippen molar-refractivity contribution in [2.75, 3.05) is 20.3 Å². The molecule has 0 fully saturated rings. The molecule has 184 valence electrons. The first-order valence-corrected chi connectivity index (χ1v) is 12.2. The SMILES string of the molecule is COCCNC(=O)c1ccc(CSc2nnc(-c3ccccc3[N+](=O)[O-])n2Cc2ccccc2)cc1. The van der Waals surface area contributed by atoms with Crippen molar-refractivity contribution in [1.29, 1.82) is 0 Å². The van der Waals surface area contributed by atoms with Gasteiger partial charge in [-0.2, -0.15) is 0 Å². The van der Waals surface area contributed by atoms with Crippen LogP contribution in [-0.4, -0.2) is 45.9 Å². The first-order valence-electron chi connectivity index (χ1n) is 11.3. The van der Waals surface area contributed by atoms with Gasteiger partial charge in [-0.3, -0.25) is 19.5 Å². The normalized spacial score (nSPS) is 10.8. The highest BCUT2D eigenvalue weighted by molar-refractivity contribution is 7.98. The molecule has 9 nitrogen and oxygen atoms in total. The van der Waals surface area contributed by atoms with Crippen LogP contribution < -0.4 is 5.32 Å². The number of nitro benzene ring substituents is 1. The second-order valence-electron chi connectivity index (χ2n) is 7.89. The Morgan fingerprint density at radius 3 is 2.44 bits per heavy atom. The van der Waals surface area contributed by atoms with Gasteiger partial charge >= 0.3 is 0 Å². The Balaban J connectivity index is 1.56. The summed E-state index contributed by atoms with van der Waals surface area (Å²) in [5.74, 6) is 0.884. The summed E-state index contributed by atoms with van der Waals surface area (Å²) in [6.07, 6.45) is 0. The molecule has 0 unspecified atom stereocenters. The fourth-order valence-corrected chi connectivity index (χ4v) is 4.49. The minimum Gasteiger partial charge on any atom is -0.383 e. The number of hydrogen-bond acceptors (Lipinski definition) is 7. The lowest BCUT2D eigenvalue weighted by Gasteiger charge is -2.11. The third-order valence-corrected chi connectivity index (χ3v) is 6.46. The zero-order chi connectivity index (χ0) is 25.3. The maximum atomic E-state index is 12.2. The monoisotopic (exact) mass is 503 g/mol. The minimum absolute atomic E-state index is 0.0184. The molecule has 3 aromatic carbocycles. The predicted octanol–water partition coefficient (Wildman–Crippen LogP) is 4.57. The van der Waals surface area contributed by atoms with E-state index < -0.39 is 4.92 Å². The van der Waals surface area contributed by atoms with Crippen molar-refractivity contribution < 1.29 is 14.5 Å². The summed E-state index contributed by atoms with van der Waals surface area (Å²) in [6, 6.07) is 23.7. The number of methoxy groups -OCH3 is 1. The average molecular weight is 504 g/mol. The van der Waals surface area contributed by atoms with E-state index in [9.17, 15) is 14.9 Å². The lowest BCUT2D eigenvalue weighted by atomic mass is 10.1. The summed E-state index contributed by atoms with van der Waals surface area (Å²) >= 11 is 1.48. The highest BCUT2D eigenvalue weighted by atomic mass is 32.2. The predicted molar refractivity (Wildman–Crippen MR) is 138 cm³/mol. The van der Waals surface area contributed by atoms with Crippen LogP contribution in [0, 0.1) is 10.1 Å². The van der Waals surface area contributed by atoms with Crippen LogP contribution in [0.5, 0.6) is 0 Å². The van der Waals surface area contributed by atoms with E-state index in [2.05, 4.69) is 15.5 Å². The molecule has 0 radical (unpaired) electrons.